The zero-order chi connectivity index (χ0) is 51.3. The number of ketones is 3. The molecular formula is C57H105N2O9S. The fraction of sp³-hybridized carbons (Fsp3) is 0.895. The minimum Gasteiger partial charge on any atom is -0.394 e. The number of hydrogen-bond acceptors (Lipinski definition) is 10. The quantitative estimate of drug-likeness (QED) is 0.0196. The van der Waals surface area contributed by atoms with Gasteiger partial charge in [0.2, 0.25) is 23.4 Å². The number of hydrogen-bond donors (Lipinski definition) is 6. The molecule has 0 aliphatic carbocycles. The Kier molecular flexibility index (Phi) is 44.3. The van der Waals surface area contributed by atoms with Crippen molar-refractivity contribution in [1.82, 2.24) is 10.6 Å². The van der Waals surface area contributed by atoms with E-state index >= 15 is 0 Å². The monoisotopic (exact) mass is 994 g/mol. The Balaban J connectivity index is 6.07. The van der Waals surface area contributed by atoms with Gasteiger partial charge in [-0.3, -0.25) is 28.8 Å². The first-order valence-corrected chi connectivity index (χ1v) is 29.3. The van der Waals surface area contributed by atoms with E-state index in [0.29, 0.717) is 32.1 Å². The van der Waals surface area contributed by atoms with Crippen molar-refractivity contribution in [3.8, 4) is 0 Å². The minimum atomic E-state index is -3.54. The molecule has 0 saturated carbocycles. The maximum Gasteiger partial charge on any atom is 0.264 e. The molecule has 2 amide bonds. The van der Waals surface area contributed by atoms with Crippen molar-refractivity contribution in [2.45, 2.75) is 314 Å². The zero-order valence-electron chi connectivity index (χ0n) is 44.5. The number of carbonyl (C=O) groups excluding carboxylic acids is 6. The molecule has 0 fully saturated rings. The molecule has 0 bridgehead atoms. The highest BCUT2D eigenvalue weighted by Gasteiger charge is 2.67. The van der Waals surface area contributed by atoms with E-state index in [1.54, 1.807) is 0 Å². The van der Waals surface area contributed by atoms with Gasteiger partial charge in [0.15, 0.2) is 17.3 Å². The van der Waals surface area contributed by atoms with Gasteiger partial charge >= 0.3 is 0 Å². The molecule has 2 unspecified atom stereocenters. The van der Waals surface area contributed by atoms with Gasteiger partial charge in [0.1, 0.15) is 12.1 Å². The normalized spacial score (nSPS) is 13.4. The molecule has 0 saturated heterocycles. The van der Waals surface area contributed by atoms with Gasteiger partial charge in [0.25, 0.3) is 5.91 Å². The molecule has 0 aromatic rings. The standard InChI is InChI=1S/C57H105N2O9S/c1-4-7-10-13-16-19-22-25-28-31-34-37-40-43-51(62)56(67,52(63)44-41-38-35-32-29-26-23-20-17-14-11-8-5-2)57(68,55(66)59-50(48-69)54(65)58-49(46-60)47-61)53(64)45-42-39-36-33-30-27-24-21-18-15-12-9-6-3/h49-50,60,67-69H,4-46,48H2,1-3H3,(H,58,65)(H,59,66)/t49?,50?,57-/m0/s1. The lowest BCUT2D eigenvalue weighted by molar-refractivity contribution is -0.192. The molecule has 0 aliphatic heterocycles. The summed E-state index contributed by atoms with van der Waals surface area (Å²) in [6.07, 6.45) is 41.5. The Hall–Kier alpha value is -2.15. The van der Waals surface area contributed by atoms with Crippen LogP contribution < -0.4 is 10.6 Å². The molecule has 3 atom stereocenters. The highest BCUT2D eigenvalue weighted by molar-refractivity contribution is 7.80. The molecule has 0 spiro atoms. The van der Waals surface area contributed by atoms with E-state index in [9.17, 15) is 44.1 Å². The average Bonchev–Trinajstić information content (AvgIpc) is 3.35. The van der Waals surface area contributed by atoms with Crippen LogP contribution in [0.5, 0.6) is 0 Å². The third-order valence-corrected chi connectivity index (χ3v) is 14.4. The first kappa shape index (κ1) is 66.9. The van der Waals surface area contributed by atoms with Crippen molar-refractivity contribution < 1.29 is 44.1 Å². The third kappa shape index (κ3) is 30.5. The largest absolute Gasteiger partial charge is 0.394 e. The van der Waals surface area contributed by atoms with Crippen LogP contribution in [-0.2, 0) is 28.8 Å². The Morgan fingerprint density at radius 1 is 0.420 bits per heavy atom. The fourth-order valence-corrected chi connectivity index (χ4v) is 9.60. The van der Waals surface area contributed by atoms with Crippen molar-refractivity contribution in [3.63, 3.8) is 0 Å². The summed E-state index contributed by atoms with van der Waals surface area (Å²) in [5.74, 6) is -6.28. The summed E-state index contributed by atoms with van der Waals surface area (Å²) in [4.78, 5) is 81.9. The van der Waals surface area contributed by atoms with E-state index in [2.05, 4.69) is 44.0 Å². The number of amides is 2. The molecule has 1 radical (unpaired) electrons. The summed E-state index contributed by atoms with van der Waals surface area (Å²) < 4.78 is 0. The highest BCUT2D eigenvalue weighted by atomic mass is 32.1. The van der Waals surface area contributed by atoms with Crippen LogP contribution in [0.3, 0.4) is 0 Å². The topological polar surface area (TPSA) is 187 Å². The molecular weight excluding hydrogens is 889 g/mol. The number of unbranched alkanes of at least 4 members (excludes halogenated alkanes) is 36. The third-order valence-electron chi connectivity index (χ3n) is 14.0. The summed E-state index contributed by atoms with van der Waals surface area (Å²) in [5.41, 5.74) is -6.94. The van der Waals surface area contributed by atoms with Gasteiger partial charge < -0.3 is 26.0 Å². The second-order valence-electron chi connectivity index (χ2n) is 20.2. The van der Waals surface area contributed by atoms with E-state index in [-0.39, 0.29) is 31.4 Å². The summed E-state index contributed by atoms with van der Waals surface area (Å²) in [6.45, 7) is 5.88. The Bertz CT molecular complexity index is 1270. The molecule has 403 valence electrons. The molecule has 0 heterocycles. The number of rotatable bonds is 53. The fourth-order valence-electron chi connectivity index (χ4n) is 9.35. The maximum atomic E-state index is 14.4. The summed E-state index contributed by atoms with van der Waals surface area (Å²) in [5, 5.41) is 39.0. The van der Waals surface area contributed by atoms with Crippen molar-refractivity contribution in [3.05, 3.63) is 0 Å². The predicted octanol–water partition coefficient (Wildman–Crippen LogP) is 12.6. The maximum absolute atomic E-state index is 14.4. The smallest absolute Gasteiger partial charge is 0.264 e. The Morgan fingerprint density at radius 2 is 0.667 bits per heavy atom. The van der Waals surface area contributed by atoms with Gasteiger partial charge in [-0.1, -0.05) is 252 Å². The van der Waals surface area contributed by atoms with Gasteiger partial charge in [-0.25, -0.2) is 0 Å². The first-order chi connectivity index (χ1) is 33.4. The van der Waals surface area contributed by atoms with Crippen LogP contribution in [0.15, 0.2) is 0 Å². The van der Waals surface area contributed by atoms with Crippen molar-refractivity contribution in [1.29, 1.82) is 0 Å². The van der Waals surface area contributed by atoms with E-state index in [1.807, 2.05) is 0 Å². The summed E-state index contributed by atoms with van der Waals surface area (Å²) in [7, 11) is 0. The van der Waals surface area contributed by atoms with Gasteiger partial charge in [0.05, 0.1) is 6.61 Å². The lowest BCUT2D eigenvalue weighted by Gasteiger charge is -2.39. The van der Waals surface area contributed by atoms with E-state index in [0.717, 1.165) is 77.0 Å². The van der Waals surface area contributed by atoms with E-state index in [4.69, 9.17) is 0 Å². The van der Waals surface area contributed by atoms with E-state index < -0.39 is 59.1 Å². The van der Waals surface area contributed by atoms with Crippen LogP contribution in [0, 0.1) is 0 Å². The number of nitrogens with one attached hydrogen (secondary N) is 2. The number of aliphatic hydroxyl groups is 3. The lowest BCUT2D eigenvalue weighted by atomic mass is 9.70. The highest BCUT2D eigenvalue weighted by Crippen LogP contribution is 2.33. The first-order valence-electron chi connectivity index (χ1n) is 28.7. The van der Waals surface area contributed by atoms with Gasteiger partial charge in [-0.15, -0.1) is 0 Å². The summed E-state index contributed by atoms with van der Waals surface area (Å²) >= 11 is 4.17. The van der Waals surface area contributed by atoms with Crippen LogP contribution in [-0.4, -0.2) is 86.4 Å². The number of Topliss-reactive ketones (excluding diaryl/α,β-unsaturated/α-hetero) is 3. The lowest BCUT2D eigenvalue weighted by Crippen LogP contribution is -2.74. The number of carbonyl (C=O) groups is 5. The molecule has 0 rings (SSSR count). The van der Waals surface area contributed by atoms with Crippen molar-refractivity contribution >= 4 is 48.1 Å². The second kappa shape index (κ2) is 45.7. The zero-order valence-corrected chi connectivity index (χ0v) is 45.4. The van der Waals surface area contributed by atoms with Crippen LogP contribution in [0.4, 0.5) is 0 Å². The van der Waals surface area contributed by atoms with Crippen LogP contribution in [0.2, 0.25) is 0 Å². The minimum absolute atomic E-state index is 0.256. The summed E-state index contributed by atoms with van der Waals surface area (Å²) in [6, 6.07) is -3.00. The Morgan fingerprint density at radius 3 is 0.899 bits per heavy atom. The molecule has 0 aromatic heterocycles. The van der Waals surface area contributed by atoms with Crippen LogP contribution >= 0.6 is 12.6 Å². The predicted molar refractivity (Wildman–Crippen MR) is 286 cm³/mol. The molecule has 0 aromatic carbocycles. The van der Waals surface area contributed by atoms with Crippen LogP contribution in [0.25, 0.3) is 0 Å². The van der Waals surface area contributed by atoms with Crippen molar-refractivity contribution in [2.75, 3.05) is 12.4 Å². The molecule has 11 nitrogen and oxygen atoms in total. The molecule has 0 aliphatic rings. The van der Waals surface area contributed by atoms with Crippen molar-refractivity contribution in [2.24, 2.45) is 0 Å². The van der Waals surface area contributed by atoms with Gasteiger partial charge in [0, 0.05) is 25.0 Å². The molecule has 69 heavy (non-hydrogen) atoms. The molecule has 12 heteroatoms. The Labute approximate surface area is 427 Å². The number of thiol groups is 1. The SMILES string of the molecule is CCCCCCCCCCCCCCCC(=O)C(O)(C(=O)CCCCCCCCCCCCCCC)[C@](O)(C(=O)CCCCCCCCCCCCCCC)C(=O)NC(CS)C(=O)NC([C]=O)CO. The average molecular weight is 995 g/mol. The second-order valence-corrected chi connectivity index (χ2v) is 20.6. The van der Waals surface area contributed by atoms with Gasteiger partial charge in [-0.05, 0) is 19.3 Å². The van der Waals surface area contributed by atoms with E-state index in [1.165, 1.54) is 141 Å². The molecule has 5 N–H and O–H groups in total. The van der Waals surface area contributed by atoms with Crippen LogP contribution in [0.1, 0.15) is 290 Å². The number of aliphatic hydroxyl groups excluding tert-OH is 1. The van der Waals surface area contributed by atoms with Gasteiger partial charge in [-0.2, -0.15) is 12.6 Å².